The standard InChI is InChI=1S/C9H8F8O2/c1-4(5(18)19)2-3-7(12,13)9(16,17)8(14,15)6(10)11/h2,6H,3H2,1H3,(H,18,19)/b4-2+. The summed E-state index contributed by atoms with van der Waals surface area (Å²) in [5.41, 5.74) is -0.809. The van der Waals surface area contributed by atoms with E-state index in [0.717, 1.165) is 6.92 Å². The van der Waals surface area contributed by atoms with Crippen molar-refractivity contribution in [2.75, 3.05) is 0 Å². The van der Waals surface area contributed by atoms with E-state index in [-0.39, 0.29) is 6.08 Å². The summed E-state index contributed by atoms with van der Waals surface area (Å²) in [6.07, 6.45) is -7.05. The molecular weight excluding hydrogens is 292 g/mol. The van der Waals surface area contributed by atoms with Crippen molar-refractivity contribution in [3.05, 3.63) is 11.6 Å². The molecule has 0 heterocycles. The zero-order valence-corrected chi connectivity index (χ0v) is 9.24. The molecular formula is C9H8F8O2. The SMILES string of the molecule is C/C(=C\CC(F)(F)C(F)(F)C(F)(F)C(F)F)C(=O)O. The van der Waals surface area contributed by atoms with Gasteiger partial charge in [0.1, 0.15) is 0 Å². The van der Waals surface area contributed by atoms with Crippen molar-refractivity contribution >= 4 is 5.97 Å². The van der Waals surface area contributed by atoms with Crippen LogP contribution in [-0.4, -0.2) is 35.3 Å². The van der Waals surface area contributed by atoms with Crippen LogP contribution in [0.4, 0.5) is 35.1 Å². The van der Waals surface area contributed by atoms with E-state index in [1.54, 1.807) is 0 Å². The van der Waals surface area contributed by atoms with Crippen LogP contribution in [0.25, 0.3) is 0 Å². The van der Waals surface area contributed by atoms with Crippen LogP contribution < -0.4 is 0 Å². The van der Waals surface area contributed by atoms with Crippen molar-refractivity contribution in [1.82, 2.24) is 0 Å². The predicted molar refractivity (Wildman–Crippen MR) is 46.9 cm³/mol. The zero-order chi connectivity index (χ0) is 15.6. The second-order valence-corrected chi connectivity index (χ2v) is 3.60. The van der Waals surface area contributed by atoms with Crippen LogP contribution in [0.15, 0.2) is 11.6 Å². The number of hydrogen-bond donors (Lipinski definition) is 1. The first-order valence-electron chi connectivity index (χ1n) is 4.59. The first kappa shape index (κ1) is 17.6. The summed E-state index contributed by atoms with van der Waals surface area (Å²) in [7, 11) is 0. The van der Waals surface area contributed by atoms with Crippen molar-refractivity contribution in [1.29, 1.82) is 0 Å². The van der Waals surface area contributed by atoms with Gasteiger partial charge < -0.3 is 5.11 Å². The summed E-state index contributed by atoms with van der Waals surface area (Å²) in [6, 6.07) is 0. The van der Waals surface area contributed by atoms with E-state index in [1.807, 2.05) is 0 Å². The van der Waals surface area contributed by atoms with Crippen LogP contribution in [-0.2, 0) is 4.79 Å². The van der Waals surface area contributed by atoms with E-state index in [0.29, 0.717) is 0 Å². The molecule has 0 unspecified atom stereocenters. The largest absolute Gasteiger partial charge is 0.478 e. The van der Waals surface area contributed by atoms with Gasteiger partial charge in [0.05, 0.1) is 0 Å². The summed E-state index contributed by atoms with van der Waals surface area (Å²) in [5.74, 6) is -19.8. The van der Waals surface area contributed by atoms with Crippen LogP contribution in [0.5, 0.6) is 0 Å². The molecule has 0 fully saturated rings. The zero-order valence-electron chi connectivity index (χ0n) is 9.24. The van der Waals surface area contributed by atoms with Crippen LogP contribution in [0, 0.1) is 0 Å². The number of rotatable bonds is 6. The maximum atomic E-state index is 12.9. The smallest absolute Gasteiger partial charge is 0.378 e. The van der Waals surface area contributed by atoms with Crippen molar-refractivity contribution in [2.24, 2.45) is 0 Å². The molecule has 0 spiro atoms. The molecule has 2 nitrogen and oxygen atoms in total. The fraction of sp³-hybridized carbons (Fsp3) is 0.667. The number of allylic oxidation sites excluding steroid dienone is 1. The number of halogens is 8. The number of carboxylic acid groups (broad SMARTS) is 1. The predicted octanol–water partition coefficient (Wildman–Crippen LogP) is 3.58. The Morgan fingerprint density at radius 3 is 1.89 bits per heavy atom. The van der Waals surface area contributed by atoms with Gasteiger partial charge in [0, 0.05) is 12.0 Å². The molecule has 0 bridgehead atoms. The fourth-order valence-electron chi connectivity index (χ4n) is 0.878. The molecule has 0 saturated carbocycles. The topological polar surface area (TPSA) is 37.3 Å². The Bertz CT molecular complexity index is 374. The molecule has 0 radical (unpaired) electrons. The van der Waals surface area contributed by atoms with Crippen LogP contribution in [0.2, 0.25) is 0 Å². The molecule has 0 aliphatic rings. The third kappa shape index (κ3) is 3.35. The summed E-state index contributed by atoms with van der Waals surface area (Å²) >= 11 is 0. The molecule has 0 aromatic rings. The third-order valence-corrected chi connectivity index (χ3v) is 2.15. The molecule has 0 amide bonds. The van der Waals surface area contributed by atoms with Gasteiger partial charge in [0.25, 0.3) is 0 Å². The molecule has 0 aliphatic heterocycles. The maximum absolute atomic E-state index is 12.9. The minimum Gasteiger partial charge on any atom is -0.478 e. The Hall–Kier alpha value is -1.35. The minimum absolute atomic E-state index is 0.0534. The molecule has 10 heteroatoms. The lowest BCUT2D eigenvalue weighted by Crippen LogP contribution is -2.57. The lowest BCUT2D eigenvalue weighted by atomic mass is 10.0. The van der Waals surface area contributed by atoms with Gasteiger partial charge in [-0.25, -0.2) is 13.6 Å². The lowest BCUT2D eigenvalue weighted by molar-refractivity contribution is -0.337. The molecule has 1 N–H and O–H groups in total. The third-order valence-electron chi connectivity index (χ3n) is 2.15. The quantitative estimate of drug-likeness (QED) is 0.601. The van der Waals surface area contributed by atoms with Gasteiger partial charge in [-0.3, -0.25) is 0 Å². The van der Waals surface area contributed by atoms with E-state index in [2.05, 4.69) is 0 Å². The highest BCUT2D eigenvalue weighted by atomic mass is 19.4. The fourth-order valence-corrected chi connectivity index (χ4v) is 0.878. The van der Waals surface area contributed by atoms with Gasteiger partial charge in [-0.15, -0.1) is 0 Å². The van der Waals surface area contributed by atoms with Crippen molar-refractivity contribution in [3.8, 4) is 0 Å². The van der Waals surface area contributed by atoms with E-state index in [1.165, 1.54) is 0 Å². The Kier molecular flexibility index (Phi) is 4.96. The summed E-state index contributed by atoms with van der Waals surface area (Å²) < 4.78 is 99.4. The van der Waals surface area contributed by atoms with E-state index < -0.39 is 42.2 Å². The summed E-state index contributed by atoms with van der Waals surface area (Å²) in [5, 5.41) is 8.26. The highest BCUT2D eigenvalue weighted by molar-refractivity contribution is 5.85. The van der Waals surface area contributed by atoms with Gasteiger partial charge in [0.2, 0.25) is 0 Å². The first-order valence-corrected chi connectivity index (χ1v) is 4.59. The monoisotopic (exact) mass is 300 g/mol. The van der Waals surface area contributed by atoms with Gasteiger partial charge >= 0.3 is 30.2 Å². The van der Waals surface area contributed by atoms with Crippen LogP contribution in [0.1, 0.15) is 13.3 Å². The summed E-state index contributed by atoms with van der Waals surface area (Å²) in [4.78, 5) is 10.2. The molecule has 0 rings (SSSR count). The Labute approximate surface area is 101 Å². The molecule has 19 heavy (non-hydrogen) atoms. The average Bonchev–Trinajstić information content (AvgIpc) is 2.24. The number of hydrogen-bond acceptors (Lipinski definition) is 1. The van der Waals surface area contributed by atoms with Gasteiger partial charge in [-0.05, 0) is 6.92 Å². The number of aliphatic carboxylic acids is 1. The van der Waals surface area contributed by atoms with Crippen molar-refractivity contribution < 1.29 is 45.0 Å². The molecule has 112 valence electrons. The highest BCUT2D eigenvalue weighted by Gasteiger charge is 2.74. The lowest BCUT2D eigenvalue weighted by Gasteiger charge is -2.31. The first-order chi connectivity index (χ1) is 8.27. The van der Waals surface area contributed by atoms with E-state index in [9.17, 15) is 39.9 Å². The second kappa shape index (κ2) is 5.33. The van der Waals surface area contributed by atoms with Crippen LogP contribution in [0.3, 0.4) is 0 Å². The minimum atomic E-state index is -6.32. The average molecular weight is 300 g/mol. The van der Waals surface area contributed by atoms with E-state index in [4.69, 9.17) is 5.11 Å². The Morgan fingerprint density at radius 2 is 1.58 bits per heavy atom. The normalized spacial score (nSPS) is 14.9. The molecule has 0 saturated heterocycles. The van der Waals surface area contributed by atoms with Crippen LogP contribution >= 0.6 is 0 Å². The summed E-state index contributed by atoms with van der Waals surface area (Å²) in [6.45, 7) is 0.752. The molecule has 0 aromatic carbocycles. The van der Waals surface area contributed by atoms with E-state index >= 15 is 0 Å². The second-order valence-electron chi connectivity index (χ2n) is 3.60. The number of alkyl halides is 8. The Balaban J connectivity index is 5.30. The highest BCUT2D eigenvalue weighted by Crippen LogP contribution is 2.50. The van der Waals surface area contributed by atoms with Crippen molar-refractivity contribution in [2.45, 2.75) is 37.5 Å². The van der Waals surface area contributed by atoms with Gasteiger partial charge in [-0.2, -0.15) is 26.3 Å². The number of carbonyl (C=O) groups is 1. The van der Waals surface area contributed by atoms with Gasteiger partial charge in [-0.1, -0.05) is 6.08 Å². The molecule has 0 aliphatic carbocycles. The molecule has 0 atom stereocenters. The Morgan fingerprint density at radius 1 is 1.16 bits per heavy atom. The van der Waals surface area contributed by atoms with Crippen molar-refractivity contribution in [3.63, 3.8) is 0 Å². The molecule has 0 aromatic heterocycles. The van der Waals surface area contributed by atoms with Gasteiger partial charge in [0.15, 0.2) is 0 Å². The number of carboxylic acids is 1. The maximum Gasteiger partial charge on any atom is 0.378 e.